The second-order valence-corrected chi connectivity index (χ2v) is 8.00. The lowest BCUT2D eigenvalue weighted by molar-refractivity contribution is -0.123. The SMILES string of the molecule is Cc1ccc(N(C(=O)c2ccco2)C(C(=O)NC2CCCC2)c2ccccc2F)cc1F. The average molecular weight is 438 g/mol. The van der Waals surface area contributed by atoms with Crippen molar-refractivity contribution in [3.8, 4) is 0 Å². The topological polar surface area (TPSA) is 62.6 Å². The lowest BCUT2D eigenvalue weighted by atomic mass is 10.0. The highest BCUT2D eigenvalue weighted by atomic mass is 19.1. The van der Waals surface area contributed by atoms with E-state index in [4.69, 9.17) is 4.42 Å². The van der Waals surface area contributed by atoms with Crippen molar-refractivity contribution in [3.63, 3.8) is 0 Å². The largest absolute Gasteiger partial charge is 0.459 e. The molecular formula is C25H24F2N2O3. The van der Waals surface area contributed by atoms with Crippen LogP contribution in [-0.2, 0) is 4.79 Å². The van der Waals surface area contributed by atoms with Gasteiger partial charge in [0.25, 0.3) is 5.91 Å². The average Bonchev–Trinajstić information content (AvgIpc) is 3.49. The van der Waals surface area contributed by atoms with E-state index in [0.717, 1.165) is 30.6 Å². The highest BCUT2D eigenvalue weighted by Crippen LogP contribution is 2.33. The van der Waals surface area contributed by atoms with Crippen molar-refractivity contribution >= 4 is 17.5 Å². The normalized spacial score (nSPS) is 14.8. The molecule has 1 aliphatic carbocycles. The Morgan fingerprint density at radius 3 is 2.44 bits per heavy atom. The Labute approximate surface area is 185 Å². The fourth-order valence-corrected chi connectivity index (χ4v) is 4.08. The summed E-state index contributed by atoms with van der Waals surface area (Å²) < 4.78 is 34.7. The van der Waals surface area contributed by atoms with Crippen molar-refractivity contribution in [2.45, 2.75) is 44.7 Å². The molecule has 3 aromatic rings. The van der Waals surface area contributed by atoms with Gasteiger partial charge in [-0.15, -0.1) is 0 Å². The quantitative estimate of drug-likeness (QED) is 0.567. The van der Waals surface area contributed by atoms with Crippen LogP contribution in [-0.4, -0.2) is 17.9 Å². The third kappa shape index (κ3) is 4.42. The fourth-order valence-electron chi connectivity index (χ4n) is 4.08. The van der Waals surface area contributed by atoms with E-state index in [2.05, 4.69) is 5.32 Å². The van der Waals surface area contributed by atoms with E-state index in [9.17, 15) is 18.4 Å². The number of halogens is 2. The van der Waals surface area contributed by atoms with Crippen molar-refractivity contribution in [1.82, 2.24) is 5.32 Å². The summed E-state index contributed by atoms with van der Waals surface area (Å²) in [5.41, 5.74) is 0.533. The smallest absolute Gasteiger partial charge is 0.294 e. The predicted octanol–water partition coefficient (Wildman–Crippen LogP) is 5.31. The van der Waals surface area contributed by atoms with Gasteiger partial charge in [0.1, 0.15) is 17.7 Å². The molecule has 1 unspecified atom stereocenters. The van der Waals surface area contributed by atoms with Crippen molar-refractivity contribution in [1.29, 1.82) is 0 Å². The zero-order valence-corrected chi connectivity index (χ0v) is 17.7. The van der Waals surface area contributed by atoms with Crippen LogP contribution in [0.3, 0.4) is 0 Å². The van der Waals surface area contributed by atoms with Crippen molar-refractivity contribution in [2.75, 3.05) is 4.90 Å². The lowest BCUT2D eigenvalue weighted by Crippen LogP contribution is -2.46. The van der Waals surface area contributed by atoms with Gasteiger partial charge in [0, 0.05) is 17.3 Å². The summed E-state index contributed by atoms with van der Waals surface area (Å²) in [5, 5.41) is 2.96. The molecule has 1 aromatic heterocycles. The van der Waals surface area contributed by atoms with E-state index >= 15 is 0 Å². The molecule has 1 N–H and O–H groups in total. The van der Waals surface area contributed by atoms with Crippen LogP contribution < -0.4 is 10.2 Å². The molecule has 1 fully saturated rings. The van der Waals surface area contributed by atoms with Crippen LogP contribution in [0.25, 0.3) is 0 Å². The summed E-state index contributed by atoms with van der Waals surface area (Å²) in [5.74, 6) is -2.41. The Bertz CT molecular complexity index is 1110. The lowest BCUT2D eigenvalue weighted by Gasteiger charge is -2.32. The first-order valence-corrected chi connectivity index (χ1v) is 10.6. The first kappa shape index (κ1) is 21.7. The molecule has 0 spiro atoms. The highest BCUT2D eigenvalue weighted by molar-refractivity contribution is 6.08. The number of carbonyl (C=O) groups excluding carboxylic acids is 2. The number of rotatable bonds is 6. The number of anilines is 1. The molecule has 0 radical (unpaired) electrons. The van der Waals surface area contributed by atoms with Crippen molar-refractivity contribution in [2.24, 2.45) is 0 Å². The van der Waals surface area contributed by atoms with Gasteiger partial charge in [-0.05, 0) is 55.7 Å². The van der Waals surface area contributed by atoms with Crippen LogP contribution in [0.1, 0.15) is 53.4 Å². The molecule has 1 heterocycles. The van der Waals surface area contributed by atoms with Crippen LogP contribution in [0.5, 0.6) is 0 Å². The number of benzene rings is 2. The zero-order chi connectivity index (χ0) is 22.7. The van der Waals surface area contributed by atoms with Gasteiger partial charge < -0.3 is 9.73 Å². The molecule has 0 bridgehead atoms. The minimum atomic E-state index is -1.35. The highest BCUT2D eigenvalue weighted by Gasteiger charge is 2.37. The zero-order valence-electron chi connectivity index (χ0n) is 17.7. The number of nitrogens with zero attached hydrogens (tertiary/aromatic N) is 1. The predicted molar refractivity (Wildman–Crippen MR) is 116 cm³/mol. The van der Waals surface area contributed by atoms with Gasteiger partial charge in [0.2, 0.25) is 5.91 Å². The molecule has 2 amide bonds. The van der Waals surface area contributed by atoms with E-state index in [0.29, 0.717) is 5.56 Å². The van der Waals surface area contributed by atoms with Crippen molar-refractivity contribution < 1.29 is 22.8 Å². The second kappa shape index (κ2) is 9.34. The van der Waals surface area contributed by atoms with Gasteiger partial charge in [0.05, 0.1) is 6.26 Å². The molecule has 0 aliphatic heterocycles. The van der Waals surface area contributed by atoms with Gasteiger partial charge in [-0.25, -0.2) is 8.78 Å². The Morgan fingerprint density at radius 2 is 1.78 bits per heavy atom. The Kier molecular flexibility index (Phi) is 6.35. The van der Waals surface area contributed by atoms with Gasteiger partial charge in [-0.2, -0.15) is 0 Å². The minimum Gasteiger partial charge on any atom is -0.459 e. The number of hydrogen-bond donors (Lipinski definition) is 1. The summed E-state index contributed by atoms with van der Waals surface area (Å²) in [4.78, 5) is 28.1. The molecule has 0 saturated heterocycles. The number of aryl methyl sites for hydroxylation is 1. The maximum atomic E-state index is 14.9. The summed E-state index contributed by atoms with van der Waals surface area (Å²) in [6.07, 6.45) is 4.96. The van der Waals surface area contributed by atoms with E-state index in [-0.39, 0.29) is 23.1 Å². The molecule has 4 rings (SSSR count). The maximum absolute atomic E-state index is 14.9. The maximum Gasteiger partial charge on any atom is 0.294 e. The Morgan fingerprint density at radius 1 is 1.03 bits per heavy atom. The molecule has 166 valence electrons. The standard InChI is InChI=1S/C25H24F2N2O3/c1-16-12-13-18(15-21(16)27)29(25(31)22-11-6-14-32-22)23(19-9-4-5-10-20(19)26)24(30)28-17-7-2-3-8-17/h4-6,9-15,17,23H,2-3,7-8H2,1H3,(H,28,30). The van der Waals surface area contributed by atoms with E-state index < -0.39 is 29.5 Å². The molecule has 32 heavy (non-hydrogen) atoms. The van der Waals surface area contributed by atoms with Gasteiger partial charge in [-0.3, -0.25) is 14.5 Å². The molecule has 2 aromatic carbocycles. The molecule has 1 saturated carbocycles. The third-order valence-corrected chi connectivity index (χ3v) is 5.79. The summed E-state index contributed by atoms with van der Waals surface area (Å²) >= 11 is 0. The number of nitrogens with one attached hydrogen (secondary N) is 1. The second-order valence-electron chi connectivity index (χ2n) is 8.00. The monoisotopic (exact) mass is 438 g/mol. The number of furan rings is 1. The first-order valence-electron chi connectivity index (χ1n) is 10.6. The minimum absolute atomic E-state index is 0.0175. The summed E-state index contributed by atoms with van der Waals surface area (Å²) in [7, 11) is 0. The molecule has 1 aliphatic rings. The van der Waals surface area contributed by atoms with Crippen LogP contribution in [0, 0.1) is 18.6 Å². The molecule has 7 heteroatoms. The number of hydrogen-bond acceptors (Lipinski definition) is 3. The number of amides is 2. The van der Waals surface area contributed by atoms with Crippen LogP contribution in [0.2, 0.25) is 0 Å². The van der Waals surface area contributed by atoms with E-state index in [1.807, 2.05) is 0 Å². The van der Waals surface area contributed by atoms with Gasteiger partial charge in [-0.1, -0.05) is 37.1 Å². The fraction of sp³-hybridized carbons (Fsp3) is 0.280. The van der Waals surface area contributed by atoms with Crippen LogP contribution >= 0.6 is 0 Å². The van der Waals surface area contributed by atoms with Crippen LogP contribution in [0.15, 0.2) is 65.3 Å². The Hall–Kier alpha value is -3.48. The van der Waals surface area contributed by atoms with Crippen LogP contribution in [0.4, 0.5) is 14.5 Å². The van der Waals surface area contributed by atoms with Gasteiger partial charge in [0.15, 0.2) is 5.76 Å². The molecule has 1 atom stereocenters. The first-order chi connectivity index (χ1) is 15.5. The van der Waals surface area contributed by atoms with E-state index in [1.165, 1.54) is 54.8 Å². The van der Waals surface area contributed by atoms with Crippen molar-refractivity contribution in [3.05, 3.63) is 89.4 Å². The van der Waals surface area contributed by atoms with Gasteiger partial charge >= 0.3 is 0 Å². The summed E-state index contributed by atoms with van der Waals surface area (Å²) in [6.45, 7) is 1.60. The summed E-state index contributed by atoms with van der Waals surface area (Å²) in [6, 6.07) is 11.6. The molecule has 5 nitrogen and oxygen atoms in total. The van der Waals surface area contributed by atoms with E-state index in [1.54, 1.807) is 13.0 Å². The number of carbonyl (C=O) groups is 2. The third-order valence-electron chi connectivity index (χ3n) is 5.79. The Balaban J connectivity index is 1.84. The molecular weight excluding hydrogens is 414 g/mol.